The van der Waals surface area contributed by atoms with Crippen LogP contribution in [0.1, 0.15) is 37.2 Å². The second-order valence-corrected chi connectivity index (χ2v) is 5.06. The van der Waals surface area contributed by atoms with E-state index in [1.807, 2.05) is 18.2 Å². The highest BCUT2D eigenvalue weighted by atomic mass is 16.3. The zero-order valence-corrected chi connectivity index (χ0v) is 11.3. The molecule has 0 aromatic carbocycles. The lowest BCUT2D eigenvalue weighted by atomic mass is 10.3. The number of hydrogen-bond acceptors (Lipinski definition) is 3. The summed E-state index contributed by atoms with van der Waals surface area (Å²) in [6.45, 7) is 2.65. The van der Waals surface area contributed by atoms with Crippen molar-refractivity contribution in [1.29, 1.82) is 5.26 Å². The Labute approximate surface area is 113 Å². The van der Waals surface area contributed by atoms with Gasteiger partial charge in [-0.1, -0.05) is 6.92 Å². The highest BCUT2D eigenvalue weighted by Crippen LogP contribution is 2.47. The lowest BCUT2D eigenvalue weighted by Crippen LogP contribution is -2.25. The summed E-state index contributed by atoms with van der Waals surface area (Å²) >= 11 is 0. The van der Waals surface area contributed by atoms with Gasteiger partial charge in [0.1, 0.15) is 11.5 Å². The van der Waals surface area contributed by atoms with Gasteiger partial charge in [-0.25, -0.2) is 0 Å². The largest absolute Gasteiger partial charge is 0.461 e. The fraction of sp³-hybridized carbons (Fsp3) is 0.467. The van der Waals surface area contributed by atoms with Crippen molar-refractivity contribution in [1.82, 2.24) is 4.90 Å². The third-order valence-corrected chi connectivity index (χ3v) is 3.45. The van der Waals surface area contributed by atoms with Gasteiger partial charge < -0.3 is 9.32 Å². The summed E-state index contributed by atoms with van der Waals surface area (Å²) in [6, 6.07) is 5.89. The Balaban J connectivity index is 1.89. The molecule has 1 aliphatic carbocycles. The maximum absolute atomic E-state index is 11.7. The Morgan fingerprint density at radius 1 is 1.63 bits per heavy atom. The van der Waals surface area contributed by atoms with Gasteiger partial charge >= 0.3 is 0 Å². The summed E-state index contributed by atoms with van der Waals surface area (Å²) in [5.41, 5.74) is 0. The first-order chi connectivity index (χ1) is 9.11. The van der Waals surface area contributed by atoms with Crippen LogP contribution in [0.4, 0.5) is 0 Å². The monoisotopic (exact) mass is 258 g/mol. The minimum atomic E-state index is -0.118. The Bertz CT molecular complexity index is 524. The molecule has 0 aliphatic heterocycles. The molecule has 0 N–H and O–H groups in total. The molecule has 1 aliphatic rings. The van der Waals surface area contributed by atoms with Gasteiger partial charge in [0.25, 0.3) is 0 Å². The van der Waals surface area contributed by atoms with Crippen molar-refractivity contribution >= 4 is 12.0 Å². The van der Waals surface area contributed by atoms with Crippen LogP contribution < -0.4 is 0 Å². The maximum Gasteiger partial charge on any atom is 0.246 e. The van der Waals surface area contributed by atoms with E-state index < -0.39 is 0 Å². The zero-order valence-electron chi connectivity index (χ0n) is 11.3. The number of furan rings is 1. The second-order valence-electron chi connectivity index (χ2n) is 5.06. The van der Waals surface area contributed by atoms with E-state index in [0.717, 1.165) is 5.76 Å². The van der Waals surface area contributed by atoms with Crippen LogP contribution in [0.15, 0.2) is 22.6 Å². The lowest BCUT2D eigenvalue weighted by Gasteiger charge is -2.11. The van der Waals surface area contributed by atoms with Gasteiger partial charge in [0, 0.05) is 25.6 Å². The number of carbonyl (C=O) groups excluding carboxylic acids is 1. The van der Waals surface area contributed by atoms with Crippen LogP contribution >= 0.6 is 0 Å². The lowest BCUT2D eigenvalue weighted by molar-refractivity contribution is -0.124. The van der Waals surface area contributed by atoms with E-state index in [4.69, 9.17) is 9.68 Å². The molecule has 0 radical (unpaired) electrons. The molecule has 0 spiro atoms. The van der Waals surface area contributed by atoms with E-state index in [-0.39, 0.29) is 5.91 Å². The van der Waals surface area contributed by atoms with Crippen molar-refractivity contribution < 1.29 is 9.21 Å². The Hall–Kier alpha value is -2.02. The Morgan fingerprint density at radius 2 is 2.37 bits per heavy atom. The zero-order chi connectivity index (χ0) is 13.8. The normalized spacial score (nSPS) is 21.3. The van der Waals surface area contributed by atoms with Gasteiger partial charge in [0.05, 0.1) is 12.5 Å². The average Bonchev–Trinajstić information content (AvgIpc) is 2.95. The van der Waals surface area contributed by atoms with Crippen LogP contribution in [0.3, 0.4) is 0 Å². The first-order valence-corrected chi connectivity index (χ1v) is 6.51. The molecule has 1 amide bonds. The summed E-state index contributed by atoms with van der Waals surface area (Å²) in [5.74, 6) is 2.86. The first-order valence-electron chi connectivity index (χ1n) is 6.51. The number of hydrogen-bond donors (Lipinski definition) is 0. The Kier molecular flexibility index (Phi) is 4.06. The van der Waals surface area contributed by atoms with Crippen LogP contribution in [0.2, 0.25) is 0 Å². The molecule has 100 valence electrons. The fourth-order valence-corrected chi connectivity index (χ4v) is 1.98. The minimum absolute atomic E-state index is 0.118. The van der Waals surface area contributed by atoms with E-state index in [0.29, 0.717) is 30.6 Å². The number of rotatable bonds is 5. The smallest absolute Gasteiger partial charge is 0.246 e. The van der Waals surface area contributed by atoms with Gasteiger partial charge in [-0.3, -0.25) is 4.79 Å². The van der Waals surface area contributed by atoms with Gasteiger partial charge in [0.15, 0.2) is 0 Å². The van der Waals surface area contributed by atoms with E-state index >= 15 is 0 Å². The van der Waals surface area contributed by atoms with E-state index in [2.05, 4.69) is 6.92 Å². The quantitative estimate of drug-likeness (QED) is 0.763. The molecular formula is C15H18N2O2. The van der Waals surface area contributed by atoms with Crippen molar-refractivity contribution in [2.45, 2.75) is 25.7 Å². The number of carbonyl (C=O) groups is 1. The predicted molar refractivity (Wildman–Crippen MR) is 72.1 cm³/mol. The molecular weight excluding hydrogens is 240 g/mol. The fourth-order valence-electron chi connectivity index (χ4n) is 1.98. The van der Waals surface area contributed by atoms with E-state index in [1.54, 1.807) is 13.1 Å². The summed E-state index contributed by atoms with van der Waals surface area (Å²) in [7, 11) is 1.68. The van der Waals surface area contributed by atoms with E-state index in [9.17, 15) is 4.79 Å². The average molecular weight is 258 g/mol. The van der Waals surface area contributed by atoms with Crippen molar-refractivity contribution in [2.24, 2.45) is 5.92 Å². The van der Waals surface area contributed by atoms with Crippen LogP contribution in [0.5, 0.6) is 0 Å². The maximum atomic E-state index is 11.7. The molecule has 2 atom stereocenters. The Morgan fingerprint density at radius 3 is 3.00 bits per heavy atom. The third kappa shape index (κ3) is 3.47. The molecule has 0 bridgehead atoms. The van der Waals surface area contributed by atoms with Crippen molar-refractivity contribution in [2.75, 3.05) is 13.6 Å². The standard InChI is InChI=1S/C15H18N2O2/c1-11-10-13(11)14-6-4-12(19-14)5-7-15(18)17(2)9-3-8-16/h4-7,11,13H,3,9-10H2,1-2H3/b7-5+. The van der Waals surface area contributed by atoms with Crippen LogP contribution in [-0.4, -0.2) is 24.4 Å². The van der Waals surface area contributed by atoms with Crippen molar-refractivity contribution in [3.8, 4) is 6.07 Å². The van der Waals surface area contributed by atoms with Gasteiger partial charge in [-0.15, -0.1) is 0 Å². The molecule has 4 nitrogen and oxygen atoms in total. The van der Waals surface area contributed by atoms with Crippen molar-refractivity contribution in [3.05, 3.63) is 29.7 Å². The van der Waals surface area contributed by atoms with Gasteiger partial charge in [-0.2, -0.15) is 5.26 Å². The van der Waals surface area contributed by atoms with Crippen molar-refractivity contribution in [3.63, 3.8) is 0 Å². The van der Waals surface area contributed by atoms with Gasteiger partial charge in [-0.05, 0) is 30.5 Å². The molecule has 19 heavy (non-hydrogen) atoms. The number of nitrogens with zero attached hydrogens (tertiary/aromatic N) is 2. The number of nitriles is 1. The molecule has 0 saturated heterocycles. The first kappa shape index (κ1) is 13.4. The predicted octanol–water partition coefficient (Wildman–Crippen LogP) is 2.79. The molecule has 1 fully saturated rings. The summed E-state index contributed by atoms with van der Waals surface area (Å²) in [6.07, 6.45) is 4.70. The molecule has 2 rings (SSSR count). The molecule has 2 unspecified atom stereocenters. The molecule has 4 heteroatoms. The van der Waals surface area contributed by atoms with E-state index in [1.165, 1.54) is 17.4 Å². The summed E-state index contributed by atoms with van der Waals surface area (Å²) < 4.78 is 5.68. The molecule has 1 saturated carbocycles. The topological polar surface area (TPSA) is 57.2 Å². The van der Waals surface area contributed by atoms with Crippen LogP contribution in [0, 0.1) is 17.2 Å². The molecule has 1 aromatic rings. The molecule has 1 aromatic heterocycles. The molecule has 1 heterocycles. The SMILES string of the molecule is CC1CC1c1ccc(/C=C/C(=O)N(C)CCC#N)o1. The van der Waals surface area contributed by atoms with Crippen LogP contribution in [0.25, 0.3) is 6.08 Å². The summed E-state index contributed by atoms with van der Waals surface area (Å²) in [5, 5.41) is 8.47. The van der Waals surface area contributed by atoms with Gasteiger partial charge in [0.2, 0.25) is 5.91 Å². The summed E-state index contributed by atoms with van der Waals surface area (Å²) in [4.78, 5) is 13.2. The second kappa shape index (κ2) is 5.75. The third-order valence-electron chi connectivity index (χ3n) is 3.45. The number of amides is 1. The highest BCUT2D eigenvalue weighted by Gasteiger charge is 2.36. The highest BCUT2D eigenvalue weighted by molar-refractivity contribution is 5.91. The van der Waals surface area contributed by atoms with Crippen LogP contribution in [-0.2, 0) is 4.79 Å². The minimum Gasteiger partial charge on any atom is -0.461 e. The number of likely N-dealkylation sites (N-methyl/N-ethyl adjacent to an activating group) is 1.